The number of nitrogens with one attached hydrogen (secondary N) is 1. The molecule has 0 radical (unpaired) electrons. The van der Waals surface area contributed by atoms with Gasteiger partial charge in [-0.15, -0.1) is 0 Å². The van der Waals surface area contributed by atoms with Gasteiger partial charge in [0.15, 0.2) is 5.15 Å². The number of hydrogen-bond donors (Lipinski definition) is 2. The van der Waals surface area contributed by atoms with Crippen LogP contribution in [-0.2, 0) is 12.6 Å². The molecule has 3 N–H and O–H groups in total. The number of rotatable bonds is 3. The van der Waals surface area contributed by atoms with Gasteiger partial charge in [0.05, 0.1) is 0 Å². The van der Waals surface area contributed by atoms with Gasteiger partial charge in [-0.25, -0.2) is 0 Å². The van der Waals surface area contributed by atoms with E-state index in [9.17, 15) is 13.2 Å². The van der Waals surface area contributed by atoms with Gasteiger partial charge in [0.1, 0.15) is 5.69 Å². The molecule has 0 aromatic carbocycles. The quantitative estimate of drug-likeness (QED) is 0.830. The molecule has 0 aliphatic heterocycles. The zero-order valence-electron chi connectivity index (χ0n) is 7.16. The van der Waals surface area contributed by atoms with E-state index in [2.05, 4.69) is 5.10 Å². The number of alkyl halides is 3. The third kappa shape index (κ3) is 2.39. The molecule has 3 nitrogen and oxygen atoms in total. The molecular formula is C7H9ClF3N3. The highest BCUT2D eigenvalue weighted by Gasteiger charge is 2.36. The first kappa shape index (κ1) is 11.3. The molecule has 0 aliphatic rings. The second-order valence-corrected chi connectivity index (χ2v) is 3.12. The number of nitrogens with two attached hydrogens (primary N) is 1. The molecular weight excluding hydrogens is 219 g/mol. The van der Waals surface area contributed by atoms with Crippen molar-refractivity contribution in [3.8, 4) is 0 Å². The van der Waals surface area contributed by atoms with E-state index in [1.54, 1.807) is 0 Å². The predicted octanol–water partition coefficient (Wildman–Crippen LogP) is 1.97. The summed E-state index contributed by atoms with van der Waals surface area (Å²) in [5, 5.41) is 5.06. The van der Waals surface area contributed by atoms with Crippen LogP contribution in [0.5, 0.6) is 0 Å². The predicted molar refractivity (Wildman–Crippen MR) is 46.0 cm³/mol. The van der Waals surface area contributed by atoms with E-state index in [0.717, 1.165) is 0 Å². The second-order valence-electron chi connectivity index (χ2n) is 2.76. The Labute approximate surface area is 83.4 Å². The van der Waals surface area contributed by atoms with E-state index < -0.39 is 11.9 Å². The lowest BCUT2D eigenvalue weighted by atomic mass is 10.1. The molecule has 0 saturated heterocycles. The van der Waals surface area contributed by atoms with Gasteiger partial charge in [0.2, 0.25) is 0 Å². The molecule has 14 heavy (non-hydrogen) atoms. The van der Waals surface area contributed by atoms with Gasteiger partial charge in [0, 0.05) is 5.56 Å². The summed E-state index contributed by atoms with van der Waals surface area (Å²) in [6.07, 6.45) is -3.81. The molecule has 0 bridgehead atoms. The molecule has 1 rings (SSSR count). The van der Waals surface area contributed by atoms with E-state index in [4.69, 9.17) is 17.3 Å². The summed E-state index contributed by atoms with van der Waals surface area (Å²) < 4.78 is 37.0. The van der Waals surface area contributed by atoms with Crippen molar-refractivity contribution in [2.24, 2.45) is 5.73 Å². The minimum Gasteiger partial charge on any atom is -0.330 e. The first-order valence-electron chi connectivity index (χ1n) is 3.96. The smallest absolute Gasteiger partial charge is 0.330 e. The second kappa shape index (κ2) is 4.18. The summed E-state index contributed by atoms with van der Waals surface area (Å²) in [5.74, 6) is 0. The molecule has 0 amide bonds. The summed E-state index contributed by atoms with van der Waals surface area (Å²) in [4.78, 5) is 0. The van der Waals surface area contributed by atoms with Crippen molar-refractivity contribution in [2.45, 2.75) is 19.0 Å². The van der Waals surface area contributed by atoms with Crippen LogP contribution in [0.2, 0.25) is 5.15 Å². The van der Waals surface area contributed by atoms with Crippen molar-refractivity contribution in [2.75, 3.05) is 6.54 Å². The summed E-state index contributed by atoms with van der Waals surface area (Å²) in [6.45, 7) is 0.318. The molecule has 0 spiro atoms. The lowest BCUT2D eigenvalue weighted by Gasteiger charge is -2.06. The molecule has 0 unspecified atom stereocenters. The van der Waals surface area contributed by atoms with Gasteiger partial charge in [-0.2, -0.15) is 18.3 Å². The molecule has 1 aromatic heterocycles. The Kier molecular flexibility index (Phi) is 3.38. The SMILES string of the molecule is NCCCc1c(Cl)n[nH]c1C(F)(F)F. The van der Waals surface area contributed by atoms with E-state index in [-0.39, 0.29) is 17.1 Å². The fourth-order valence-electron chi connectivity index (χ4n) is 1.08. The highest BCUT2D eigenvalue weighted by atomic mass is 35.5. The summed E-state index contributed by atoms with van der Waals surface area (Å²) >= 11 is 5.50. The number of hydrogen-bond acceptors (Lipinski definition) is 2. The average molecular weight is 228 g/mol. The summed E-state index contributed by atoms with van der Waals surface area (Å²) in [7, 11) is 0. The largest absolute Gasteiger partial charge is 0.433 e. The van der Waals surface area contributed by atoms with Gasteiger partial charge in [-0.1, -0.05) is 11.6 Å². The maximum Gasteiger partial charge on any atom is 0.433 e. The third-order valence-electron chi connectivity index (χ3n) is 1.73. The summed E-state index contributed by atoms with van der Waals surface area (Å²) in [5.41, 5.74) is 4.31. The Morgan fingerprint density at radius 1 is 1.43 bits per heavy atom. The maximum atomic E-state index is 12.3. The fourth-order valence-corrected chi connectivity index (χ4v) is 1.32. The Hall–Kier alpha value is -0.750. The Bertz CT molecular complexity index is 308. The van der Waals surface area contributed by atoms with Crippen LogP contribution < -0.4 is 5.73 Å². The molecule has 1 aromatic rings. The standard InChI is InChI=1S/C7H9ClF3N3/c8-6-4(2-1-3-12)5(13-14-6)7(9,10)11/h1-3,12H2,(H,13,14). The van der Waals surface area contributed by atoms with Gasteiger partial charge in [-0.3, -0.25) is 5.10 Å². The van der Waals surface area contributed by atoms with Crippen molar-refractivity contribution in [3.63, 3.8) is 0 Å². The third-order valence-corrected chi connectivity index (χ3v) is 2.04. The number of halogens is 4. The maximum absolute atomic E-state index is 12.3. The normalized spacial score (nSPS) is 12.1. The fraction of sp³-hybridized carbons (Fsp3) is 0.571. The number of aromatic nitrogens is 2. The highest BCUT2D eigenvalue weighted by molar-refractivity contribution is 6.30. The number of aromatic amines is 1. The highest BCUT2D eigenvalue weighted by Crippen LogP contribution is 2.33. The zero-order valence-corrected chi connectivity index (χ0v) is 7.91. The van der Waals surface area contributed by atoms with Gasteiger partial charge >= 0.3 is 6.18 Å². The molecule has 0 aliphatic carbocycles. The molecule has 0 atom stereocenters. The van der Waals surface area contributed by atoms with Gasteiger partial charge in [-0.05, 0) is 19.4 Å². The molecule has 0 fully saturated rings. The molecule has 1 heterocycles. The lowest BCUT2D eigenvalue weighted by molar-refractivity contribution is -0.141. The topological polar surface area (TPSA) is 54.7 Å². The van der Waals surface area contributed by atoms with Crippen molar-refractivity contribution in [1.82, 2.24) is 10.2 Å². The number of nitrogens with zero attached hydrogens (tertiary/aromatic N) is 1. The van der Waals surface area contributed by atoms with Crippen LogP contribution in [0.1, 0.15) is 17.7 Å². The minimum absolute atomic E-state index is 0.00961. The van der Waals surface area contributed by atoms with Crippen LogP contribution in [0.25, 0.3) is 0 Å². The van der Waals surface area contributed by atoms with Crippen LogP contribution in [0.15, 0.2) is 0 Å². The van der Waals surface area contributed by atoms with Crippen molar-refractivity contribution < 1.29 is 13.2 Å². The van der Waals surface area contributed by atoms with Crippen LogP contribution in [0.3, 0.4) is 0 Å². The lowest BCUT2D eigenvalue weighted by Crippen LogP contribution is -2.10. The van der Waals surface area contributed by atoms with Crippen LogP contribution >= 0.6 is 11.6 Å². The van der Waals surface area contributed by atoms with Crippen LogP contribution in [-0.4, -0.2) is 16.7 Å². The van der Waals surface area contributed by atoms with E-state index >= 15 is 0 Å². The van der Waals surface area contributed by atoms with E-state index in [1.165, 1.54) is 0 Å². The van der Waals surface area contributed by atoms with Crippen LogP contribution in [0, 0.1) is 0 Å². The first-order valence-corrected chi connectivity index (χ1v) is 4.34. The van der Waals surface area contributed by atoms with Crippen molar-refractivity contribution in [3.05, 3.63) is 16.4 Å². The van der Waals surface area contributed by atoms with Gasteiger partial charge in [0.25, 0.3) is 0 Å². The monoisotopic (exact) mass is 227 g/mol. The number of H-pyrrole nitrogens is 1. The molecule has 80 valence electrons. The molecule has 0 saturated carbocycles. The van der Waals surface area contributed by atoms with Gasteiger partial charge < -0.3 is 5.73 Å². The zero-order chi connectivity index (χ0) is 10.8. The summed E-state index contributed by atoms with van der Waals surface area (Å²) in [6, 6.07) is 0. The first-order chi connectivity index (χ1) is 6.46. The average Bonchev–Trinajstić information content (AvgIpc) is 2.42. The van der Waals surface area contributed by atoms with E-state index in [0.29, 0.717) is 13.0 Å². The molecule has 7 heteroatoms. The Morgan fingerprint density at radius 2 is 2.07 bits per heavy atom. The van der Waals surface area contributed by atoms with E-state index in [1.807, 2.05) is 5.10 Å². The Balaban J connectivity index is 2.94. The minimum atomic E-state index is -4.44. The van der Waals surface area contributed by atoms with Crippen molar-refractivity contribution in [1.29, 1.82) is 0 Å². The van der Waals surface area contributed by atoms with Crippen LogP contribution in [0.4, 0.5) is 13.2 Å². The van der Waals surface area contributed by atoms with Crippen molar-refractivity contribution >= 4 is 11.6 Å². The Morgan fingerprint density at radius 3 is 2.57 bits per heavy atom.